The summed E-state index contributed by atoms with van der Waals surface area (Å²) in [7, 11) is 1.38. The average molecular weight is 439 g/mol. The average Bonchev–Trinajstić information content (AvgIpc) is 3.26. The number of ketones is 1. The third-order valence-electron chi connectivity index (χ3n) is 6.73. The van der Waals surface area contributed by atoms with Crippen LogP contribution in [-0.2, 0) is 9.53 Å². The van der Waals surface area contributed by atoms with Crippen molar-refractivity contribution in [3.8, 4) is 5.69 Å². The monoisotopic (exact) mass is 438 g/mol. The van der Waals surface area contributed by atoms with Gasteiger partial charge in [-0.15, -0.1) is 0 Å². The fraction of sp³-hybridized carbons (Fsp3) is 0.214. The van der Waals surface area contributed by atoms with Gasteiger partial charge < -0.3 is 14.6 Å². The Labute approximate surface area is 193 Å². The molecule has 5 heteroatoms. The van der Waals surface area contributed by atoms with Gasteiger partial charge in [-0.1, -0.05) is 42.0 Å². The van der Waals surface area contributed by atoms with E-state index in [1.54, 1.807) is 0 Å². The zero-order chi connectivity index (χ0) is 23.4. The van der Waals surface area contributed by atoms with Crippen LogP contribution in [0.5, 0.6) is 0 Å². The van der Waals surface area contributed by atoms with E-state index in [1.807, 2.05) is 45.0 Å². The summed E-state index contributed by atoms with van der Waals surface area (Å²) < 4.78 is 7.34. The Balaban J connectivity index is 1.75. The van der Waals surface area contributed by atoms with Crippen LogP contribution in [0.25, 0.3) is 11.4 Å². The maximum absolute atomic E-state index is 13.6. The highest BCUT2D eigenvalue weighted by Gasteiger charge is 2.43. The molecule has 0 amide bonds. The summed E-state index contributed by atoms with van der Waals surface area (Å²) in [6.45, 7) is 8.02. The fourth-order valence-electron chi connectivity index (χ4n) is 5.19. The van der Waals surface area contributed by atoms with Crippen molar-refractivity contribution in [1.82, 2.24) is 9.88 Å². The van der Waals surface area contributed by atoms with Crippen molar-refractivity contribution in [3.05, 3.63) is 105 Å². The van der Waals surface area contributed by atoms with E-state index in [4.69, 9.17) is 4.74 Å². The first-order chi connectivity index (χ1) is 15.8. The van der Waals surface area contributed by atoms with E-state index >= 15 is 0 Å². The number of allylic oxidation sites excluding steroid dienone is 2. The number of nitrogens with zero attached hydrogens (tertiary/aromatic N) is 1. The second-order valence-electron chi connectivity index (χ2n) is 8.75. The summed E-state index contributed by atoms with van der Waals surface area (Å²) in [5.41, 5.74) is 9.30. The number of fused-ring (bicyclic) bond motifs is 2. The Morgan fingerprint density at radius 3 is 2.30 bits per heavy atom. The van der Waals surface area contributed by atoms with Gasteiger partial charge in [-0.2, -0.15) is 0 Å². The van der Waals surface area contributed by atoms with Gasteiger partial charge in [0.2, 0.25) is 0 Å². The number of benzene rings is 2. The van der Waals surface area contributed by atoms with Crippen LogP contribution in [0.4, 0.5) is 0 Å². The number of nitrogens with one attached hydrogen (secondary N) is 1. The lowest BCUT2D eigenvalue weighted by Gasteiger charge is -2.29. The lowest BCUT2D eigenvalue weighted by molar-refractivity contribution is -0.136. The first kappa shape index (κ1) is 21.0. The minimum Gasteiger partial charge on any atom is -0.466 e. The molecule has 3 aromatic rings. The van der Waals surface area contributed by atoms with E-state index in [0.717, 1.165) is 33.9 Å². The van der Waals surface area contributed by atoms with Crippen LogP contribution in [0, 0.1) is 20.8 Å². The lowest BCUT2D eigenvalue weighted by atomic mass is 9.79. The van der Waals surface area contributed by atoms with Gasteiger partial charge in [0.15, 0.2) is 5.78 Å². The lowest BCUT2D eigenvalue weighted by Crippen LogP contribution is -2.29. The zero-order valence-electron chi connectivity index (χ0n) is 19.4. The fourth-order valence-corrected chi connectivity index (χ4v) is 5.19. The van der Waals surface area contributed by atoms with Crippen LogP contribution >= 0.6 is 0 Å². The van der Waals surface area contributed by atoms with Crippen molar-refractivity contribution in [3.63, 3.8) is 0 Å². The number of aromatic nitrogens is 1. The van der Waals surface area contributed by atoms with Crippen molar-refractivity contribution in [2.24, 2.45) is 0 Å². The van der Waals surface area contributed by atoms with Crippen LogP contribution in [0.3, 0.4) is 0 Å². The van der Waals surface area contributed by atoms with Gasteiger partial charge in [-0.05, 0) is 51.5 Å². The van der Waals surface area contributed by atoms with E-state index in [-0.39, 0.29) is 5.78 Å². The third-order valence-corrected chi connectivity index (χ3v) is 6.73. The molecule has 0 bridgehead atoms. The number of aryl methyl sites for hydroxylation is 2. The molecule has 5 rings (SSSR count). The number of carbonyl (C=O) groups excluding carboxylic acids is 2. The molecule has 1 aliphatic heterocycles. The number of dihydropyridines is 1. The second-order valence-corrected chi connectivity index (χ2v) is 8.75. The molecule has 0 radical (unpaired) electrons. The second kappa shape index (κ2) is 7.62. The summed E-state index contributed by atoms with van der Waals surface area (Å²) in [5.74, 6) is -0.994. The van der Waals surface area contributed by atoms with Crippen LogP contribution < -0.4 is 5.32 Å². The highest BCUT2D eigenvalue weighted by atomic mass is 16.5. The predicted molar refractivity (Wildman–Crippen MR) is 128 cm³/mol. The van der Waals surface area contributed by atoms with Crippen molar-refractivity contribution in [2.45, 2.75) is 33.6 Å². The summed E-state index contributed by atoms with van der Waals surface area (Å²) in [6, 6.07) is 18.0. The van der Waals surface area contributed by atoms with E-state index in [1.165, 1.54) is 12.7 Å². The number of methoxy groups -OCH3 is 1. The topological polar surface area (TPSA) is 60.3 Å². The number of esters is 1. The zero-order valence-corrected chi connectivity index (χ0v) is 19.4. The molecular formula is C28H26N2O3. The maximum atomic E-state index is 13.6. The van der Waals surface area contributed by atoms with E-state index in [9.17, 15) is 9.59 Å². The van der Waals surface area contributed by atoms with Gasteiger partial charge in [0.25, 0.3) is 0 Å². The van der Waals surface area contributed by atoms with Crippen molar-refractivity contribution in [2.75, 3.05) is 7.11 Å². The normalized spacial score (nSPS) is 17.1. The van der Waals surface area contributed by atoms with Gasteiger partial charge >= 0.3 is 5.97 Å². The molecule has 0 saturated heterocycles. The molecule has 166 valence electrons. The Kier molecular flexibility index (Phi) is 4.85. The van der Waals surface area contributed by atoms with Crippen LogP contribution in [0.1, 0.15) is 51.3 Å². The van der Waals surface area contributed by atoms with Crippen LogP contribution in [-0.4, -0.2) is 23.4 Å². The van der Waals surface area contributed by atoms with Gasteiger partial charge in [0.05, 0.1) is 24.3 Å². The molecular weight excluding hydrogens is 412 g/mol. The summed E-state index contributed by atoms with van der Waals surface area (Å²) in [4.78, 5) is 26.6. The van der Waals surface area contributed by atoms with Crippen LogP contribution in [0.2, 0.25) is 0 Å². The number of carbonyl (C=O) groups is 2. The highest BCUT2D eigenvalue weighted by molar-refractivity contribution is 6.23. The van der Waals surface area contributed by atoms with Crippen molar-refractivity contribution >= 4 is 17.4 Å². The molecule has 0 saturated carbocycles. The molecule has 1 N–H and O–H groups in total. The molecule has 0 spiro atoms. The molecule has 5 nitrogen and oxygen atoms in total. The van der Waals surface area contributed by atoms with Gasteiger partial charge in [0.1, 0.15) is 0 Å². The van der Waals surface area contributed by atoms with E-state index in [2.05, 4.69) is 47.1 Å². The number of Topliss-reactive ketones (excluding diaryl/α,β-unsaturated/α-hetero) is 1. The summed E-state index contributed by atoms with van der Waals surface area (Å²) in [5, 5.41) is 3.34. The molecule has 1 aliphatic carbocycles. The van der Waals surface area contributed by atoms with Crippen LogP contribution in [0.15, 0.2) is 71.4 Å². The minimum atomic E-state index is -0.515. The highest BCUT2D eigenvalue weighted by Crippen LogP contribution is 2.48. The van der Waals surface area contributed by atoms with Gasteiger partial charge in [0, 0.05) is 39.5 Å². The SMILES string of the molecule is COC(=O)C1=C(C)NC2=C(C(=O)c3ccccc32)[C@H]1c1cc(C)n(-c2ccc(C)cc2)c1C. The summed E-state index contributed by atoms with van der Waals surface area (Å²) >= 11 is 0. The Morgan fingerprint density at radius 1 is 0.970 bits per heavy atom. The van der Waals surface area contributed by atoms with E-state index < -0.39 is 11.9 Å². The molecule has 2 heterocycles. The predicted octanol–water partition coefficient (Wildman–Crippen LogP) is 5.14. The number of rotatable bonds is 3. The number of ether oxygens (including phenoxy) is 1. The maximum Gasteiger partial charge on any atom is 0.336 e. The molecule has 2 aliphatic rings. The molecule has 2 aromatic carbocycles. The first-order valence-corrected chi connectivity index (χ1v) is 11.0. The largest absolute Gasteiger partial charge is 0.466 e. The van der Waals surface area contributed by atoms with Gasteiger partial charge in [-0.25, -0.2) is 4.79 Å². The third kappa shape index (κ3) is 3.07. The van der Waals surface area contributed by atoms with Gasteiger partial charge in [-0.3, -0.25) is 4.79 Å². The standard InChI is InChI=1S/C28H26N2O3/c1-15-10-12-19(13-11-15)30-16(2)14-22(18(30)4)24-23(28(32)33-5)17(3)29-26-20-8-6-7-9-21(20)27(31)25(24)26/h6-14,24,29H,1-5H3/t24-/m0/s1. The quantitative estimate of drug-likeness (QED) is 0.575. The Morgan fingerprint density at radius 2 is 1.64 bits per heavy atom. The minimum absolute atomic E-state index is 0.0489. The van der Waals surface area contributed by atoms with Crippen molar-refractivity contribution in [1.29, 1.82) is 0 Å². The molecule has 1 aromatic heterocycles. The number of hydrogen-bond acceptors (Lipinski definition) is 4. The molecule has 33 heavy (non-hydrogen) atoms. The Bertz CT molecular complexity index is 1390. The first-order valence-electron chi connectivity index (χ1n) is 11.0. The number of hydrogen-bond donors (Lipinski definition) is 1. The van der Waals surface area contributed by atoms with E-state index in [0.29, 0.717) is 22.4 Å². The molecule has 0 unspecified atom stereocenters. The summed E-state index contributed by atoms with van der Waals surface area (Å²) in [6.07, 6.45) is 0. The molecule has 0 fully saturated rings. The Hall–Kier alpha value is -3.86. The van der Waals surface area contributed by atoms with Crippen molar-refractivity contribution < 1.29 is 14.3 Å². The molecule has 1 atom stereocenters. The smallest absolute Gasteiger partial charge is 0.336 e.